The smallest absolute Gasteiger partial charge is 0.173 e. The first kappa shape index (κ1) is 9.19. The fourth-order valence-electron chi connectivity index (χ4n) is 1.40. The minimum absolute atomic E-state index is 0.0424. The van der Waals surface area contributed by atoms with Crippen molar-refractivity contribution in [3.05, 3.63) is 36.0 Å². The average Bonchev–Trinajstić information content (AvgIpc) is 2.50. The van der Waals surface area contributed by atoms with Crippen LogP contribution in [-0.2, 0) is 5.41 Å². The molecule has 0 unspecified atom stereocenters. The molecule has 0 radical (unpaired) electrons. The van der Waals surface area contributed by atoms with Crippen LogP contribution in [-0.4, -0.2) is 9.38 Å². The lowest BCUT2D eigenvalue weighted by molar-refractivity contribution is 0.568. The molecule has 2 rings (SSSR count). The van der Waals surface area contributed by atoms with Gasteiger partial charge in [0.2, 0.25) is 0 Å². The Balaban J connectivity index is 2.70. The van der Waals surface area contributed by atoms with Gasteiger partial charge in [-0.15, -0.1) is 0 Å². The monoisotopic (exact) mass is 192 g/mol. The number of pyridine rings is 1. The number of hydrogen-bond donors (Lipinski definition) is 0. The van der Waals surface area contributed by atoms with Crippen LogP contribution >= 0.6 is 0 Å². The lowest BCUT2D eigenvalue weighted by atomic mass is 9.88. The van der Waals surface area contributed by atoms with Gasteiger partial charge in [-0.05, 0) is 17.0 Å². The van der Waals surface area contributed by atoms with Gasteiger partial charge in [0.05, 0.1) is 0 Å². The molecule has 2 aromatic rings. The van der Waals surface area contributed by atoms with Gasteiger partial charge in [0.25, 0.3) is 0 Å². The molecule has 3 heteroatoms. The Labute approximate surface area is 82.4 Å². The molecule has 0 aliphatic rings. The predicted octanol–water partition coefficient (Wildman–Crippen LogP) is 2.77. The zero-order valence-electron chi connectivity index (χ0n) is 8.58. The van der Waals surface area contributed by atoms with Crippen LogP contribution in [0.15, 0.2) is 24.7 Å². The van der Waals surface area contributed by atoms with Crippen LogP contribution in [0.25, 0.3) is 5.65 Å². The molecule has 0 saturated carbocycles. The van der Waals surface area contributed by atoms with Crippen LogP contribution < -0.4 is 0 Å². The molecule has 14 heavy (non-hydrogen) atoms. The molecule has 0 atom stereocenters. The van der Waals surface area contributed by atoms with E-state index in [2.05, 4.69) is 25.8 Å². The largest absolute Gasteiger partial charge is 0.304 e. The number of fused-ring (bicyclic) bond motifs is 1. The second kappa shape index (κ2) is 2.80. The van der Waals surface area contributed by atoms with E-state index in [0.29, 0.717) is 5.65 Å². The molecular formula is C11H13FN2. The molecule has 0 spiro atoms. The van der Waals surface area contributed by atoms with Crippen molar-refractivity contribution in [1.29, 1.82) is 0 Å². The predicted molar refractivity (Wildman–Crippen MR) is 53.9 cm³/mol. The van der Waals surface area contributed by atoms with Crippen molar-refractivity contribution in [2.24, 2.45) is 0 Å². The van der Waals surface area contributed by atoms with E-state index in [-0.39, 0.29) is 11.2 Å². The molecule has 0 saturated heterocycles. The van der Waals surface area contributed by atoms with Crippen molar-refractivity contribution in [2.75, 3.05) is 0 Å². The molecule has 0 aliphatic heterocycles. The highest BCUT2D eigenvalue weighted by Gasteiger charge is 2.16. The summed E-state index contributed by atoms with van der Waals surface area (Å²) in [7, 11) is 0. The molecule has 0 amide bonds. The third kappa shape index (κ3) is 1.39. The van der Waals surface area contributed by atoms with Crippen LogP contribution in [0.2, 0.25) is 0 Å². The van der Waals surface area contributed by atoms with E-state index < -0.39 is 0 Å². The third-order valence-electron chi connectivity index (χ3n) is 2.31. The zero-order valence-corrected chi connectivity index (χ0v) is 8.58. The Kier molecular flexibility index (Phi) is 1.84. The van der Waals surface area contributed by atoms with Gasteiger partial charge < -0.3 is 4.40 Å². The minimum Gasteiger partial charge on any atom is -0.304 e. The zero-order chi connectivity index (χ0) is 10.3. The Morgan fingerprint density at radius 1 is 1.36 bits per heavy atom. The molecule has 0 N–H and O–H groups in total. The SMILES string of the molecule is CC(C)(C)c1cc(F)c2nccn2c1. The highest BCUT2D eigenvalue weighted by molar-refractivity contribution is 5.42. The van der Waals surface area contributed by atoms with Crippen LogP contribution in [0.5, 0.6) is 0 Å². The van der Waals surface area contributed by atoms with Gasteiger partial charge in [-0.2, -0.15) is 0 Å². The number of imidazole rings is 1. The van der Waals surface area contributed by atoms with Crippen LogP contribution in [0.4, 0.5) is 4.39 Å². The maximum atomic E-state index is 13.5. The van der Waals surface area contributed by atoms with Crippen molar-refractivity contribution in [1.82, 2.24) is 9.38 Å². The van der Waals surface area contributed by atoms with Crippen molar-refractivity contribution in [3.8, 4) is 0 Å². The summed E-state index contributed by atoms with van der Waals surface area (Å²) in [6.07, 6.45) is 5.28. The molecule has 0 fully saturated rings. The fraction of sp³-hybridized carbons (Fsp3) is 0.364. The fourth-order valence-corrected chi connectivity index (χ4v) is 1.40. The topological polar surface area (TPSA) is 17.3 Å². The van der Waals surface area contributed by atoms with Gasteiger partial charge >= 0.3 is 0 Å². The Morgan fingerprint density at radius 3 is 2.71 bits per heavy atom. The number of nitrogens with zero attached hydrogens (tertiary/aromatic N) is 2. The van der Waals surface area contributed by atoms with E-state index in [1.807, 2.05) is 6.20 Å². The van der Waals surface area contributed by atoms with Gasteiger partial charge in [-0.3, -0.25) is 0 Å². The summed E-state index contributed by atoms with van der Waals surface area (Å²) in [5.41, 5.74) is 1.32. The standard InChI is InChI=1S/C11H13FN2/c1-11(2,3)8-6-9(12)10-13-4-5-14(10)7-8/h4-7H,1-3H3. The molecule has 2 aromatic heterocycles. The maximum absolute atomic E-state index is 13.5. The van der Waals surface area contributed by atoms with Crippen LogP contribution in [0.3, 0.4) is 0 Å². The second-order valence-corrected chi connectivity index (χ2v) is 4.48. The molecule has 0 aromatic carbocycles. The van der Waals surface area contributed by atoms with Gasteiger partial charge in [0.1, 0.15) is 0 Å². The Morgan fingerprint density at radius 2 is 2.07 bits per heavy atom. The molecular weight excluding hydrogens is 179 g/mol. The van der Waals surface area contributed by atoms with E-state index >= 15 is 0 Å². The molecule has 2 heterocycles. The van der Waals surface area contributed by atoms with Gasteiger partial charge in [-0.1, -0.05) is 20.8 Å². The molecule has 0 aliphatic carbocycles. The van der Waals surface area contributed by atoms with Gasteiger partial charge in [0, 0.05) is 18.6 Å². The van der Waals surface area contributed by atoms with E-state index in [4.69, 9.17) is 0 Å². The van der Waals surface area contributed by atoms with E-state index in [9.17, 15) is 4.39 Å². The molecule has 0 bridgehead atoms. The van der Waals surface area contributed by atoms with E-state index in [1.165, 1.54) is 0 Å². The normalized spacial score (nSPS) is 12.3. The van der Waals surface area contributed by atoms with E-state index in [1.54, 1.807) is 22.9 Å². The summed E-state index contributed by atoms with van der Waals surface area (Å²) < 4.78 is 15.2. The quantitative estimate of drug-likeness (QED) is 0.627. The summed E-state index contributed by atoms with van der Waals surface area (Å²) in [6, 6.07) is 1.56. The summed E-state index contributed by atoms with van der Waals surface area (Å²) in [4.78, 5) is 3.93. The second-order valence-electron chi connectivity index (χ2n) is 4.48. The summed E-state index contributed by atoms with van der Waals surface area (Å²) in [5.74, 6) is -0.262. The van der Waals surface area contributed by atoms with Crippen LogP contribution in [0.1, 0.15) is 26.3 Å². The first-order valence-electron chi connectivity index (χ1n) is 4.61. The van der Waals surface area contributed by atoms with Gasteiger partial charge in [0.15, 0.2) is 11.5 Å². The maximum Gasteiger partial charge on any atom is 0.173 e. The number of halogens is 1. The first-order chi connectivity index (χ1) is 6.48. The highest BCUT2D eigenvalue weighted by atomic mass is 19.1. The van der Waals surface area contributed by atoms with Crippen molar-refractivity contribution < 1.29 is 4.39 Å². The summed E-state index contributed by atoms with van der Waals surface area (Å²) in [6.45, 7) is 6.18. The van der Waals surface area contributed by atoms with Crippen molar-refractivity contribution in [3.63, 3.8) is 0 Å². The molecule has 74 valence electrons. The Hall–Kier alpha value is -1.38. The third-order valence-corrected chi connectivity index (χ3v) is 2.31. The number of hydrogen-bond acceptors (Lipinski definition) is 1. The molecule has 2 nitrogen and oxygen atoms in total. The highest BCUT2D eigenvalue weighted by Crippen LogP contribution is 2.23. The Bertz CT molecular complexity index is 466. The number of rotatable bonds is 0. The lowest BCUT2D eigenvalue weighted by Crippen LogP contribution is -2.12. The van der Waals surface area contributed by atoms with Crippen molar-refractivity contribution in [2.45, 2.75) is 26.2 Å². The van der Waals surface area contributed by atoms with Gasteiger partial charge in [-0.25, -0.2) is 9.37 Å². The first-order valence-corrected chi connectivity index (χ1v) is 4.61. The summed E-state index contributed by atoms with van der Waals surface area (Å²) in [5, 5.41) is 0. The average molecular weight is 192 g/mol. The van der Waals surface area contributed by atoms with Crippen LogP contribution in [0, 0.1) is 5.82 Å². The van der Waals surface area contributed by atoms with E-state index in [0.717, 1.165) is 5.56 Å². The summed E-state index contributed by atoms with van der Waals surface area (Å²) >= 11 is 0. The lowest BCUT2D eigenvalue weighted by Gasteiger charge is -2.19. The minimum atomic E-state index is -0.262. The number of aromatic nitrogens is 2. The van der Waals surface area contributed by atoms with Crippen molar-refractivity contribution >= 4 is 5.65 Å².